The van der Waals surface area contributed by atoms with Crippen LogP contribution in [-0.2, 0) is 0 Å². The fraction of sp³-hybridized carbons (Fsp3) is 0.350. The fourth-order valence-electron chi connectivity index (χ4n) is 4.02. The van der Waals surface area contributed by atoms with Gasteiger partial charge in [-0.25, -0.2) is 4.99 Å². The van der Waals surface area contributed by atoms with E-state index < -0.39 is 0 Å². The Morgan fingerprint density at radius 3 is 2.71 bits per heavy atom. The molecule has 0 amide bonds. The number of hydrogen-bond donors (Lipinski definition) is 3. The van der Waals surface area contributed by atoms with Crippen molar-refractivity contribution in [2.24, 2.45) is 4.99 Å². The van der Waals surface area contributed by atoms with Crippen LogP contribution in [0.3, 0.4) is 0 Å². The van der Waals surface area contributed by atoms with Gasteiger partial charge in [-0.1, -0.05) is 0 Å². The molecule has 3 N–H and O–H groups in total. The van der Waals surface area contributed by atoms with Crippen LogP contribution in [0.25, 0.3) is 12.2 Å². The summed E-state index contributed by atoms with van der Waals surface area (Å²) in [6.45, 7) is 0. The van der Waals surface area contributed by atoms with Crippen LogP contribution in [0, 0.1) is 0 Å². The van der Waals surface area contributed by atoms with Crippen LogP contribution in [-0.4, -0.2) is 28.8 Å². The molecule has 0 radical (unpaired) electrons. The highest BCUT2D eigenvalue weighted by molar-refractivity contribution is 6.19. The van der Waals surface area contributed by atoms with Crippen LogP contribution in [0.5, 0.6) is 0 Å². The van der Waals surface area contributed by atoms with Crippen LogP contribution in [0.15, 0.2) is 52.8 Å². The zero-order valence-electron chi connectivity index (χ0n) is 13.6. The molecule has 5 heterocycles. The van der Waals surface area contributed by atoms with Gasteiger partial charge in [0.25, 0.3) is 0 Å². The molecule has 4 aliphatic heterocycles. The molecule has 3 atom stereocenters. The highest BCUT2D eigenvalue weighted by Gasteiger charge is 2.23. The third-order valence-electron chi connectivity index (χ3n) is 5.18. The molecule has 0 spiro atoms. The number of nitrogens with one attached hydrogen (secondary N) is 3. The number of allylic oxidation sites excluding steroid dienone is 3. The molecule has 5 rings (SSSR count). The second-order valence-electron chi connectivity index (χ2n) is 7.08. The quantitative estimate of drug-likeness (QED) is 0.674. The average molecular weight is 318 g/mol. The average Bonchev–Trinajstić information content (AvgIpc) is 3.32. The summed E-state index contributed by atoms with van der Waals surface area (Å²) in [4.78, 5) is 8.20. The Labute approximate surface area is 141 Å². The highest BCUT2D eigenvalue weighted by atomic mass is 15.0. The molecule has 1 aromatic rings. The molecule has 2 fully saturated rings. The maximum absolute atomic E-state index is 4.72. The van der Waals surface area contributed by atoms with Gasteiger partial charge in [-0.05, 0) is 74.3 Å². The summed E-state index contributed by atoms with van der Waals surface area (Å²) in [5.41, 5.74) is 3.46. The fourth-order valence-corrected chi connectivity index (χ4v) is 4.02. The number of fused-ring (bicyclic) bond motifs is 7. The van der Waals surface area contributed by atoms with Crippen molar-refractivity contribution < 1.29 is 0 Å². The van der Waals surface area contributed by atoms with Gasteiger partial charge in [0.15, 0.2) is 0 Å². The first-order valence-corrected chi connectivity index (χ1v) is 8.91. The van der Waals surface area contributed by atoms with E-state index in [2.05, 4.69) is 64.2 Å². The first-order chi connectivity index (χ1) is 11.8. The van der Waals surface area contributed by atoms with E-state index in [4.69, 9.17) is 4.99 Å². The summed E-state index contributed by atoms with van der Waals surface area (Å²) < 4.78 is 0. The van der Waals surface area contributed by atoms with Gasteiger partial charge < -0.3 is 15.6 Å². The van der Waals surface area contributed by atoms with Crippen molar-refractivity contribution in [3.05, 3.63) is 58.5 Å². The first kappa shape index (κ1) is 14.1. The molecule has 0 aliphatic carbocycles. The second-order valence-corrected chi connectivity index (χ2v) is 7.08. The standard InChI is InChI=1S/C20H22N4/c1-2-14-10-16-5-6-18(23-16)12-20-8-7-19(24-20)11-17-4-3-15(22-17)9-13(1)21-14/h1-4,9-12,16,18-19,22-24H,5-8H2. The van der Waals surface area contributed by atoms with Gasteiger partial charge in [0.05, 0.1) is 11.4 Å². The molecule has 24 heavy (non-hydrogen) atoms. The topological polar surface area (TPSA) is 52.2 Å². The zero-order chi connectivity index (χ0) is 15.9. The monoisotopic (exact) mass is 318 g/mol. The van der Waals surface area contributed by atoms with E-state index in [-0.39, 0.29) is 0 Å². The summed E-state index contributed by atoms with van der Waals surface area (Å²) >= 11 is 0. The second kappa shape index (κ2) is 5.64. The van der Waals surface area contributed by atoms with Gasteiger partial charge in [-0.3, -0.25) is 0 Å². The number of aromatic nitrogens is 1. The predicted octanol–water partition coefficient (Wildman–Crippen LogP) is 1.24. The van der Waals surface area contributed by atoms with Crippen molar-refractivity contribution in [2.45, 2.75) is 43.8 Å². The van der Waals surface area contributed by atoms with Crippen molar-refractivity contribution >= 4 is 17.9 Å². The van der Waals surface area contributed by atoms with Crippen molar-refractivity contribution in [1.82, 2.24) is 15.6 Å². The Morgan fingerprint density at radius 1 is 0.875 bits per heavy atom. The minimum atomic E-state index is 0.420. The number of rotatable bonds is 0. The smallest absolute Gasteiger partial charge is 0.0658 e. The molecule has 4 aliphatic rings. The minimum Gasteiger partial charge on any atom is -0.382 e. The maximum Gasteiger partial charge on any atom is 0.0658 e. The third-order valence-corrected chi connectivity index (χ3v) is 5.18. The highest BCUT2D eigenvalue weighted by Crippen LogP contribution is 2.22. The van der Waals surface area contributed by atoms with Gasteiger partial charge in [0, 0.05) is 34.5 Å². The predicted molar refractivity (Wildman–Crippen MR) is 97.8 cm³/mol. The zero-order valence-corrected chi connectivity index (χ0v) is 13.6. The number of nitrogens with zero attached hydrogens (tertiary/aromatic N) is 1. The van der Waals surface area contributed by atoms with Crippen LogP contribution in [0.2, 0.25) is 0 Å². The largest absolute Gasteiger partial charge is 0.382 e. The summed E-state index contributed by atoms with van der Waals surface area (Å²) in [5, 5.41) is 9.66. The molecule has 0 aromatic carbocycles. The molecular formula is C20H22N4. The van der Waals surface area contributed by atoms with Crippen molar-refractivity contribution in [3.8, 4) is 0 Å². The molecule has 1 aromatic heterocycles. The molecule has 122 valence electrons. The van der Waals surface area contributed by atoms with Crippen LogP contribution >= 0.6 is 0 Å². The molecule has 8 bridgehead atoms. The SMILES string of the molecule is C1=CC2=NC1=CC1CCC(C=C3CCC(C=c4ccc([nH]4)=C2)N3)N1. The van der Waals surface area contributed by atoms with E-state index in [0.717, 1.165) is 23.2 Å². The lowest BCUT2D eigenvalue weighted by atomic mass is 10.1. The summed E-state index contributed by atoms with van der Waals surface area (Å²) in [6, 6.07) is 5.58. The number of aliphatic imine (C=N–C) groups is 1. The Bertz CT molecular complexity index is 896. The van der Waals surface area contributed by atoms with E-state index in [1.165, 1.54) is 30.3 Å². The molecule has 4 heteroatoms. The van der Waals surface area contributed by atoms with Gasteiger partial charge in [-0.2, -0.15) is 0 Å². The third kappa shape index (κ3) is 2.78. The number of hydrogen-bond acceptors (Lipinski definition) is 3. The van der Waals surface area contributed by atoms with Gasteiger partial charge in [0.1, 0.15) is 0 Å². The lowest BCUT2D eigenvalue weighted by molar-refractivity contribution is 0.661. The minimum absolute atomic E-state index is 0.420. The first-order valence-electron chi connectivity index (χ1n) is 8.91. The normalized spacial score (nSPS) is 30.8. The van der Waals surface area contributed by atoms with Crippen molar-refractivity contribution in [2.75, 3.05) is 0 Å². The lowest BCUT2D eigenvalue weighted by Gasteiger charge is -2.10. The molecule has 2 saturated heterocycles. The maximum atomic E-state index is 4.72. The summed E-state index contributed by atoms with van der Waals surface area (Å²) in [7, 11) is 0. The lowest BCUT2D eigenvalue weighted by Crippen LogP contribution is -2.28. The Hall–Kier alpha value is -2.33. The van der Waals surface area contributed by atoms with Crippen molar-refractivity contribution in [3.63, 3.8) is 0 Å². The van der Waals surface area contributed by atoms with Crippen LogP contribution < -0.4 is 21.3 Å². The van der Waals surface area contributed by atoms with E-state index >= 15 is 0 Å². The van der Waals surface area contributed by atoms with E-state index in [1.54, 1.807) is 0 Å². The Kier molecular flexibility index (Phi) is 3.30. The summed E-state index contributed by atoms with van der Waals surface area (Å²) in [5.74, 6) is 0. The van der Waals surface area contributed by atoms with Gasteiger partial charge in [0.2, 0.25) is 0 Å². The molecular weight excluding hydrogens is 296 g/mol. The van der Waals surface area contributed by atoms with Gasteiger partial charge in [-0.15, -0.1) is 0 Å². The van der Waals surface area contributed by atoms with Crippen molar-refractivity contribution in [1.29, 1.82) is 0 Å². The van der Waals surface area contributed by atoms with Gasteiger partial charge >= 0.3 is 0 Å². The summed E-state index contributed by atoms with van der Waals surface area (Å²) in [6.07, 6.45) is 17.9. The molecule has 3 unspecified atom stereocenters. The van der Waals surface area contributed by atoms with Crippen LogP contribution in [0.4, 0.5) is 0 Å². The van der Waals surface area contributed by atoms with E-state index in [1.807, 2.05) is 0 Å². The van der Waals surface area contributed by atoms with Crippen LogP contribution in [0.1, 0.15) is 25.7 Å². The number of H-pyrrole nitrogens is 1. The Morgan fingerprint density at radius 2 is 1.75 bits per heavy atom. The Balaban J connectivity index is 1.58. The van der Waals surface area contributed by atoms with E-state index in [9.17, 15) is 0 Å². The number of aromatic amines is 1. The molecule has 0 saturated carbocycles. The molecule has 4 nitrogen and oxygen atoms in total. The van der Waals surface area contributed by atoms with E-state index in [0.29, 0.717) is 18.1 Å².